The molecule has 34 heavy (non-hydrogen) atoms. The number of hydrogen-bond donors (Lipinski definition) is 0. The molecule has 8 saturated carbocycles. The normalized spacial score (nSPS) is 46.0. The molecule has 0 aromatic carbocycles. The van der Waals surface area contributed by atoms with Crippen molar-refractivity contribution in [2.45, 2.75) is 89.6 Å². The summed E-state index contributed by atoms with van der Waals surface area (Å²) in [6.45, 7) is 1.32. The topological polar surface area (TPSA) is 61.8 Å². The highest BCUT2D eigenvalue weighted by molar-refractivity contribution is 5.77. The van der Waals surface area contributed by atoms with E-state index in [9.17, 15) is 18.4 Å². The number of halogens is 2. The molecule has 0 aliphatic heterocycles. The zero-order valence-electron chi connectivity index (χ0n) is 20.2. The van der Waals surface area contributed by atoms with Gasteiger partial charge in [0.05, 0.1) is 13.0 Å². The van der Waals surface area contributed by atoms with E-state index in [-0.39, 0.29) is 30.0 Å². The van der Waals surface area contributed by atoms with E-state index < -0.39 is 18.0 Å². The van der Waals surface area contributed by atoms with Crippen molar-refractivity contribution in [1.82, 2.24) is 0 Å². The van der Waals surface area contributed by atoms with Crippen LogP contribution in [0.5, 0.6) is 0 Å². The Morgan fingerprint density at radius 3 is 2.03 bits per heavy atom. The van der Waals surface area contributed by atoms with Crippen molar-refractivity contribution in [3.63, 3.8) is 0 Å². The van der Waals surface area contributed by atoms with Crippen molar-refractivity contribution < 1.29 is 32.6 Å². The van der Waals surface area contributed by atoms with Crippen LogP contribution in [0.2, 0.25) is 0 Å². The highest BCUT2D eigenvalue weighted by Crippen LogP contribution is 2.62. The van der Waals surface area contributed by atoms with Gasteiger partial charge in [-0.2, -0.15) is 8.78 Å². The first-order valence-corrected chi connectivity index (χ1v) is 13.5. The fraction of sp³-hybridized carbons (Fsp3) is 0.926. The highest BCUT2D eigenvalue weighted by Gasteiger charge is 2.58. The maximum absolute atomic E-state index is 13.4. The standard InChI is InChI=1S/C27H38F2O5/c1-26(28,29)25(31)34-24-20-7-17-8-21(24)11-27(9-17,10-20)12-23(30)33-14-32-13-22-18-3-15-2-16(5-18)6-19(22)4-15/h15-22,24H,2-14H2,1H3. The van der Waals surface area contributed by atoms with Gasteiger partial charge in [-0.3, -0.25) is 4.79 Å². The second-order valence-corrected chi connectivity index (χ2v) is 13.0. The van der Waals surface area contributed by atoms with Gasteiger partial charge in [-0.25, -0.2) is 4.79 Å². The zero-order chi connectivity index (χ0) is 23.7. The minimum Gasteiger partial charge on any atom is -0.457 e. The molecule has 0 aromatic rings. The largest absolute Gasteiger partial charge is 0.457 e. The second-order valence-electron chi connectivity index (χ2n) is 13.0. The Morgan fingerprint density at radius 2 is 1.44 bits per heavy atom. The monoisotopic (exact) mass is 480 g/mol. The van der Waals surface area contributed by atoms with E-state index in [0.29, 0.717) is 31.8 Å². The molecule has 0 heterocycles. The number of hydrogen-bond acceptors (Lipinski definition) is 5. The number of carbonyl (C=O) groups excluding carboxylic acids is 2. The summed E-state index contributed by atoms with van der Waals surface area (Å²) in [5.41, 5.74) is -0.146. The van der Waals surface area contributed by atoms with Crippen LogP contribution in [0.25, 0.3) is 0 Å². The van der Waals surface area contributed by atoms with E-state index in [0.717, 1.165) is 55.8 Å². The highest BCUT2D eigenvalue weighted by atomic mass is 19.3. The summed E-state index contributed by atoms with van der Waals surface area (Å²) in [5, 5.41) is 0. The van der Waals surface area contributed by atoms with Crippen molar-refractivity contribution in [2.75, 3.05) is 13.4 Å². The Morgan fingerprint density at radius 1 is 0.853 bits per heavy atom. The molecule has 0 N–H and O–H groups in total. The van der Waals surface area contributed by atoms with Gasteiger partial charge in [-0.05, 0) is 117 Å². The lowest BCUT2D eigenvalue weighted by molar-refractivity contribution is -0.204. The van der Waals surface area contributed by atoms with Crippen molar-refractivity contribution >= 4 is 11.9 Å². The third-order valence-electron chi connectivity index (χ3n) is 10.5. The lowest BCUT2D eigenvalue weighted by Crippen LogP contribution is -2.56. The van der Waals surface area contributed by atoms with Gasteiger partial charge < -0.3 is 14.2 Å². The number of alkyl halides is 2. The van der Waals surface area contributed by atoms with Crippen molar-refractivity contribution in [1.29, 1.82) is 0 Å². The summed E-state index contributed by atoms with van der Waals surface area (Å²) in [7, 11) is 0. The summed E-state index contributed by atoms with van der Waals surface area (Å²) in [6.07, 6.45) is 11.1. The van der Waals surface area contributed by atoms with E-state index in [1.54, 1.807) is 0 Å². The van der Waals surface area contributed by atoms with Gasteiger partial charge in [0.1, 0.15) is 6.10 Å². The van der Waals surface area contributed by atoms with Gasteiger partial charge in [0.2, 0.25) is 0 Å². The third-order valence-corrected chi connectivity index (χ3v) is 10.5. The molecule has 8 aliphatic rings. The van der Waals surface area contributed by atoms with Gasteiger partial charge >= 0.3 is 17.9 Å². The molecule has 0 aromatic heterocycles. The fourth-order valence-electron chi connectivity index (χ4n) is 9.74. The lowest BCUT2D eigenvalue weighted by Gasteiger charge is -2.59. The third kappa shape index (κ3) is 4.28. The smallest absolute Gasteiger partial charge is 0.376 e. The number of rotatable bonds is 8. The molecular formula is C27H38F2O5. The molecule has 7 heteroatoms. The summed E-state index contributed by atoms with van der Waals surface area (Å²) in [5.74, 6) is -0.376. The van der Waals surface area contributed by atoms with E-state index in [2.05, 4.69) is 0 Å². The molecule has 2 atom stereocenters. The number of carbonyl (C=O) groups is 2. The van der Waals surface area contributed by atoms with Crippen LogP contribution in [-0.2, 0) is 23.8 Å². The molecule has 8 rings (SSSR count). The minimum atomic E-state index is -3.47. The predicted molar refractivity (Wildman–Crippen MR) is 119 cm³/mol. The van der Waals surface area contributed by atoms with E-state index in [1.165, 1.54) is 32.1 Å². The van der Waals surface area contributed by atoms with Gasteiger partial charge in [-0.15, -0.1) is 0 Å². The van der Waals surface area contributed by atoms with Crippen LogP contribution < -0.4 is 0 Å². The SMILES string of the molecule is CC(F)(F)C(=O)OC1C2CC3CC1CC(CC(=O)OCOCC1C4CC5CC(C4)CC1C5)(C3)C2. The Balaban J connectivity index is 0.978. The minimum absolute atomic E-state index is 0.0276. The van der Waals surface area contributed by atoms with Crippen LogP contribution in [0.4, 0.5) is 8.78 Å². The van der Waals surface area contributed by atoms with Gasteiger partial charge in [0.25, 0.3) is 0 Å². The molecule has 0 saturated heterocycles. The Labute approximate surface area is 200 Å². The molecule has 0 spiro atoms. The first kappa shape index (κ1) is 23.2. The lowest BCUT2D eigenvalue weighted by atomic mass is 9.48. The Hall–Kier alpha value is -1.24. The molecule has 8 fully saturated rings. The quantitative estimate of drug-likeness (QED) is 0.266. The van der Waals surface area contributed by atoms with Crippen LogP contribution in [0.1, 0.15) is 77.6 Å². The van der Waals surface area contributed by atoms with Gasteiger partial charge in [-0.1, -0.05) is 0 Å². The Bertz CT molecular complexity index is 778. The number of ether oxygens (including phenoxy) is 3. The predicted octanol–water partition coefficient (Wildman–Crippen LogP) is 5.36. The maximum atomic E-state index is 13.4. The summed E-state index contributed by atoms with van der Waals surface area (Å²) >= 11 is 0. The van der Waals surface area contributed by atoms with Crippen molar-refractivity contribution in [3.05, 3.63) is 0 Å². The molecule has 2 unspecified atom stereocenters. The van der Waals surface area contributed by atoms with Gasteiger partial charge in [0.15, 0.2) is 6.79 Å². The van der Waals surface area contributed by atoms with Crippen molar-refractivity contribution in [2.24, 2.45) is 52.8 Å². The van der Waals surface area contributed by atoms with Crippen LogP contribution in [0, 0.1) is 52.8 Å². The molecule has 0 amide bonds. The molecule has 8 aliphatic carbocycles. The summed E-state index contributed by atoms with van der Waals surface area (Å²) in [6, 6.07) is 0. The molecule has 5 nitrogen and oxygen atoms in total. The average molecular weight is 481 g/mol. The Kier molecular flexibility index (Phi) is 5.74. The van der Waals surface area contributed by atoms with Gasteiger partial charge in [0, 0.05) is 6.92 Å². The van der Waals surface area contributed by atoms with E-state index in [1.807, 2.05) is 0 Å². The molecule has 190 valence electrons. The molecule has 8 bridgehead atoms. The van der Waals surface area contributed by atoms with Crippen LogP contribution in [0.3, 0.4) is 0 Å². The fourth-order valence-corrected chi connectivity index (χ4v) is 9.74. The zero-order valence-corrected chi connectivity index (χ0v) is 20.2. The van der Waals surface area contributed by atoms with E-state index >= 15 is 0 Å². The molecular weight excluding hydrogens is 442 g/mol. The number of esters is 2. The summed E-state index contributed by atoms with van der Waals surface area (Å²) < 4.78 is 43.4. The molecule has 0 radical (unpaired) electrons. The average Bonchev–Trinajstić information content (AvgIpc) is 2.73. The van der Waals surface area contributed by atoms with Crippen LogP contribution >= 0.6 is 0 Å². The second kappa shape index (κ2) is 8.41. The van der Waals surface area contributed by atoms with Crippen LogP contribution in [-0.4, -0.2) is 37.4 Å². The van der Waals surface area contributed by atoms with E-state index in [4.69, 9.17) is 14.2 Å². The first-order valence-electron chi connectivity index (χ1n) is 13.5. The maximum Gasteiger partial charge on any atom is 0.376 e. The van der Waals surface area contributed by atoms with Crippen molar-refractivity contribution in [3.8, 4) is 0 Å². The van der Waals surface area contributed by atoms with Crippen LogP contribution in [0.15, 0.2) is 0 Å². The first-order chi connectivity index (χ1) is 16.2. The summed E-state index contributed by atoms with van der Waals surface area (Å²) in [4.78, 5) is 24.5.